The number of aryl methyl sites for hydroxylation is 1. The molecule has 0 aromatic carbocycles. The zero-order valence-electron chi connectivity index (χ0n) is 8.39. The average molecular weight is 195 g/mol. The minimum atomic E-state index is 0.310. The Morgan fingerprint density at radius 1 is 1.62 bits per heavy atom. The van der Waals surface area contributed by atoms with E-state index in [4.69, 9.17) is 0 Å². The van der Waals surface area contributed by atoms with Crippen LogP contribution in [0.25, 0.3) is 0 Å². The number of hydrogen-bond acceptors (Lipinski definition) is 2. The monoisotopic (exact) mass is 195 g/mol. The van der Waals surface area contributed by atoms with Crippen LogP contribution in [0.2, 0.25) is 0 Å². The predicted octanol–water partition coefficient (Wildman–Crippen LogP) is 3.05. The lowest BCUT2D eigenvalue weighted by molar-refractivity contribution is 0.375. The smallest absolute Gasteiger partial charge is 0.0443 e. The first kappa shape index (κ1) is 9.22. The van der Waals surface area contributed by atoms with Crippen LogP contribution >= 0.6 is 11.3 Å². The van der Waals surface area contributed by atoms with E-state index in [0.29, 0.717) is 5.54 Å². The summed E-state index contributed by atoms with van der Waals surface area (Å²) in [6.45, 7) is 5.70. The van der Waals surface area contributed by atoms with E-state index in [0.717, 1.165) is 0 Å². The van der Waals surface area contributed by atoms with Gasteiger partial charge in [-0.25, -0.2) is 0 Å². The second-order valence-electron chi connectivity index (χ2n) is 3.86. The van der Waals surface area contributed by atoms with Crippen LogP contribution in [0.5, 0.6) is 0 Å². The second kappa shape index (κ2) is 3.43. The van der Waals surface area contributed by atoms with Crippen molar-refractivity contribution in [2.75, 3.05) is 6.54 Å². The van der Waals surface area contributed by atoms with E-state index in [-0.39, 0.29) is 0 Å². The van der Waals surface area contributed by atoms with E-state index >= 15 is 0 Å². The largest absolute Gasteiger partial charge is 0.307 e. The van der Waals surface area contributed by atoms with E-state index in [1.807, 2.05) is 11.3 Å². The van der Waals surface area contributed by atoms with Crippen molar-refractivity contribution in [1.29, 1.82) is 0 Å². The summed E-state index contributed by atoms with van der Waals surface area (Å²) in [5.74, 6) is 0. The fourth-order valence-corrected chi connectivity index (χ4v) is 3.21. The first-order chi connectivity index (χ1) is 6.28. The zero-order valence-corrected chi connectivity index (χ0v) is 9.21. The highest BCUT2D eigenvalue weighted by Crippen LogP contribution is 2.37. The van der Waals surface area contributed by atoms with Crippen molar-refractivity contribution in [2.24, 2.45) is 0 Å². The minimum absolute atomic E-state index is 0.310. The van der Waals surface area contributed by atoms with Crippen LogP contribution in [0.1, 0.15) is 36.6 Å². The molecular formula is C11H17NS. The van der Waals surface area contributed by atoms with Crippen molar-refractivity contribution in [2.45, 2.75) is 38.6 Å². The van der Waals surface area contributed by atoms with Crippen LogP contribution in [-0.4, -0.2) is 6.54 Å². The molecule has 0 amide bonds. The van der Waals surface area contributed by atoms with Gasteiger partial charge in [0.1, 0.15) is 0 Å². The summed E-state index contributed by atoms with van der Waals surface area (Å²) in [6.07, 6.45) is 3.84. The van der Waals surface area contributed by atoms with E-state index in [1.54, 1.807) is 0 Å². The lowest BCUT2D eigenvalue weighted by Crippen LogP contribution is -2.36. The first-order valence-corrected chi connectivity index (χ1v) is 5.96. The van der Waals surface area contributed by atoms with Crippen LogP contribution in [0.15, 0.2) is 11.4 Å². The summed E-state index contributed by atoms with van der Waals surface area (Å²) >= 11 is 1.87. The van der Waals surface area contributed by atoms with E-state index < -0.39 is 0 Å². The number of rotatable bonds is 2. The Bertz CT molecular complexity index is 284. The third kappa shape index (κ3) is 1.42. The van der Waals surface area contributed by atoms with Gasteiger partial charge in [-0.05, 0) is 49.7 Å². The fraction of sp³-hybridized carbons (Fsp3) is 0.636. The van der Waals surface area contributed by atoms with Crippen LogP contribution in [-0.2, 0) is 5.54 Å². The topological polar surface area (TPSA) is 12.0 Å². The lowest BCUT2D eigenvalue weighted by atomic mass is 9.86. The molecule has 0 radical (unpaired) electrons. The summed E-state index contributed by atoms with van der Waals surface area (Å²) < 4.78 is 0. The van der Waals surface area contributed by atoms with Gasteiger partial charge < -0.3 is 5.32 Å². The van der Waals surface area contributed by atoms with Gasteiger partial charge >= 0.3 is 0 Å². The molecule has 72 valence electrons. The van der Waals surface area contributed by atoms with E-state index in [2.05, 4.69) is 30.6 Å². The van der Waals surface area contributed by atoms with Crippen molar-refractivity contribution >= 4 is 11.3 Å². The summed E-state index contributed by atoms with van der Waals surface area (Å²) in [6, 6.07) is 2.29. The van der Waals surface area contributed by atoms with Crippen molar-refractivity contribution < 1.29 is 0 Å². The van der Waals surface area contributed by atoms with Gasteiger partial charge in [-0.3, -0.25) is 0 Å². The molecule has 1 aliphatic rings. The SMILES string of the molecule is CCC1(c2ccsc2C)CCCN1. The predicted molar refractivity (Wildman–Crippen MR) is 58.3 cm³/mol. The zero-order chi connectivity index (χ0) is 9.31. The molecule has 1 nitrogen and oxygen atoms in total. The van der Waals surface area contributed by atoms with Crippen LogP contribution in [0.3, 0.4) is 0 Å². The van der Waals surface area contributed by atoms with Gasteiger partial charge in [0.15, 0.2) is 0 Å². The van der Waals surface area contributed by atoms with Gasteiger partial charge in [-0.1, -0.05) is 6.92 Å². The molecular weight excluding hydrogens is 178 g/mol. The Hall–Kier alpha value is -0.340. The molecule has 0 saturated carbocycles. The normalized spacial score (nSPS) is 28.2. The van der Waals surface area contributed by atoms with E-state index in [9.17, 15) is 0 Å². The molecule has 1 saturated heterocycles. The third-order valence-corrected chi connectivity index (χ3v) is 4.07. The maximum absolute atomic E-state index is 3.67. The van der Waals surface area contributed by atoms with Crippen molar-refractivity contribution in [3.05, 3.63) is 21.9 Å². The Labute approximate surface area is 84.2 Å². The number of thiophene rings is 1. The van der Waals surface area contributed by atoms with Crippen LogP contribution < -0.4 is 5.32 Å². The number of nitrogens with one attached hydrogen (secondary N) is 1. The Morgan fingerprint density at radius 3 is 2.92 bits per heavy atom. The summed E-state index contributed by atoms with van der Waals surface area (Å²) in [5, 5.41) is 5.88. The molecule has 1 fully saturated rings. The highest BCUT2D eigenvalue weighted by atomic mass is 32.1. The lowest BCUT2D eigenvalue weighted by Gasteiger charge is -2.28. The standard InChI is InChI=1S/C11H17NS/c1-3-11(6-4-7-12-11)10-5-8-13-9(10)2/h5,8,12H,3-4,6-7H2,1-2H3. The summed E-state index contributed by atoms with van der Waals surface area (Å²) in [4.78, 5) is 1.48. The van der Waals surface area contributed by atoms with Gasteiger partial charge in [-0.15, -0.1) is 11.3 Å². The molecule has 2 heteroatoms. The second-order valence-corrected chi connectivity index (χ2v) is 4.98. The molecule has 13 heavy (non-hydrogen) atoms. The molecule has 2 rings (SSSR count). The van der Waals surface area contributed by atoms with Crippen LogP contribution in [0, 0.1) is 6.92 Å². The minimum Gasteiger partial charge on any atom is -0.307 e. The molecule has 1 aromatic rings. The van der Waals surface area contributed by atoms with Gasteiger partial charge in [0.25, 0.3) is 0 Å². The number of hydrogen-bond donors (Lipinski definition) is 1. The fourth-order valence-electron chi connectivity index (χ4n) is 2.41. The summed E-state index contributed by atoms with van der Waals surface area (Å²) in [7, 11) is 0. The molecule has 1 aromatic heterocycles. The molecule has 1 atom stereocenters. The molecule has 0 aliphatic carbocycles. The maximum Gasteiger partial charge on any atom is 0.0443 e. The van der Waals surface area contributed by atoms with Gasteiger partial charge in [0.2, 0.25) is 0 Å². The highest BCUT2D eigenvalue weighted by molar-refractivity contribution is 7.10. The Morgan fingerprint density at radius 2 is 2.46 bits per heavy atom. The van der Waals surface area contributed by atoms with Crippen LogP contribution in [0.4, 0.5) is 0 Å². The summed E-state index contributed by atoms with van der Waals surface area (Å²) in [5.41, 5.74) is 1.85. The van der Waals surface area contributed by atoms with E-state index in [1.165, 1.54) is 36.2 Å². The Kier molecular flexibility index (Phi) is 2.43. The molecule has 1 unspecified atom stereocenters. The molecule has 2 heterocycles. The molecule has 0 bridgehead atoms. The molecule has 1 aliphatic heterocycles. The molecule has 1 N–H and O–H groups in total. The quantitative estimate of drug-likeness (QED) is 0.765. The molecule has 0 spiro atoms. The van der Waals surface area contributed by atoms with Gasteiger partial charge in [0, 0.05) is 10.4 Å². The maximum atomic E-state index is 3.67. The third-order valence-electron chi connectivity index (χ3n) is 3.22. The first-order valence-electron chi connectivity index (χ1n) is 5.08. The van der Waals surface area contributed by atoms with Crippen molar-refractivity contribution in [1.82, 2.24) is 5.32 Å². The highest BCUT2D eigenvalue weighted by Gasteiger charge is 2.34. The van der Waals surface area contributed by atoms with Gasteiger partial charge in [0.05, 0.1) is 0 Å². The van der Waals surface area contributed by atoms with Crippen molar-refractivity contribution in [3.8, 4) is 0 Å². The average Bonchev–Trinajstić information content (AvgIpc) is 2.73. The van der Waals surface area contributed by atoms with Gasteiger partial charge in [-0.2, -0.15) is 0 Å². The Balaban J connectivity index is 2.36. The van der Waals surface area contributed by atoms with Crippen molar-refractivity contribution in [3.63, 3.8) is 0 Å².